The van der Waals surface area contributed by atoms with Crippen LogP contribution in [0.4, 0.5) is 0 Å². The molecule has 1 saturated heterocycles. The zero-order valence-corrected chi connectivity index (χ0v) is 11.1. The third kappa shape index (κ3) is 3.72. The van der Waals surface area contributed by atoms with E-state index in [1.54, 1.807) is 0 Å². The minimum absolute atomic E-state index is 0.269. The monoisotopic (exact) mass is 252 g/mol. The van der Waals surface area contributed by atoms with Gasteiger partial charge >= 0.3 is 0 Å². The first-order valence-electron chi connectivity index (χ1n) is 7.21. The fourth-order valence-electron chi connectivity index (χ4n) is 3.37. The van der Waals surface area contributed by atoms with Crippen LogP contribution in [0.25, 0.3) is 0 Å². The normalized spacial score (nSPS) is 27.0. The number of fused-ring (bicyclic) bond motifs is 2. The average Bonchev–Trinajstić information content (AvgIpc) is 2.33. The van der Waals surface area contributed by atoms with Crippen molar-refractivity contribution >= 4 is 11.8 Å². The number of nitrogens with zero attached hydrogens (tertiary/aromatic N) is 1. The van der Waals surface area contributed by atoms with Crippen molar-refractivity contribution in [3.8, 4) is 0 Å². The number of likely N-dealkylation sites (tertiary alicyclic amines) is 1. The van der Waals surface area contributed by atoms with Crippen molar-refractivity contribution in [2.75, 3.05) is 13.1 Å². The molecule has 2 atom stereocenters. The van der Waals surface area contributed by atoms with Crippen molar-refractivity contribution in [2.45, 2.75) is 51.4 Å². The SMILES string of the molecule is NC(=O)CCCCC(=O)N1CC2CCCC(C2)C1. The summed E-state index contributed by atoms with van der Waals surface area (Å²) < 4.78 is 0. The minimum atomic E-state index is -0.269. The average molecular weight is 252 g/mol. The number of amides is 2. The lowest BCUT2D eigenvalue weighted by Gasteiger charge is -2.41. The van der Waals surface area contributed by atoms with Crippen molar-refractivity contribution in [1.82, 2.24) is 4.90 Å². The predicted octanol–water partition coefficient (Wildman–Crippen LogP) is 1.68. The smallest absolute Gasteiger partial charge is 0.222 e. The van der Waals surface area contributed by atoms with E-state index >= 15 is 0 Å². The Morgan fingerprint density at radius 1 is 1.06 bits per heavy atom. The Morgan fingerprint density at radius 3 is 2.28 bits per heavy atom. The second kappa shape index (κ2) is 6.21. The van der Waals surface area contributed by atoms with E-state index in [1.165, 1.54) is 25.7 Å². The van der Waals surface area contributed by atoms with E-state index in [9.17, 15) is 9.59 Å². The Hall–Kier alpha value is -1.06. The van der Waals surface area contributed by atoms with Gasteiger partial charge in [0, 0.05) is 25.9 Å². The van der Waals surface area contributed by atoms with Gasteiger partial charge in [0.1, 0.15) is 0 Å². The van der Waals surface area contributed by atoms with Gasteiger partial charge in [0.05, 0.1) is 0 Å². The van der Waals surface area contributed by atoms with Crippen LogP contribution in [0.15, 0.2) is 0 Å². The molecule has 4 nitrogen and oxygen atoms in total. The fraction of sp³-hybridized carbons (Fsp3) is 0.857. The van der Waals surface area contributed by atoms with Gasteiger partial charge in [-0.1, -0.05) is 6.42 Å². The molecule has 2 N–H and O–H groups in total. The highest BCUT2D eigenvalue weighted by Crippen LogP contribution is 2.34. The molecule has 0 aromatic heterocycles. The first-order valence-corrected chi connectivity index (χ1v) is 7.21. The summed E-state index contributed by atoms with van der Waals surface area (Å²) >= 11 is 0. The topological polar surface area (TPSA) is 63.4 Å². The van der Waals surface area contributed by atoms with Gasteiger partial charge in [0.15, 0.2) is 0 Å². The van der Waals surface area contributed by atoms with Crippen LogP contribution in [0, 0.1) is 11.8 Å². The molecule has 1 heterocycles. The van der Waals surface area contributed by atoms with Crippen LogP contribution in [0.2, 0.25) is 0 Å². The molecule has 2 amide bonds. The van der Waals surface area contributed by atoms with Crippen LogP contribution in [-0.4, -0.2) is 29.8 Å². The van der Waals surface area contributed by atoms with E-state index < -0.39 is 0 Å². The molecule has 1 aliphatic carbocycles. The highest BCUT2D eigenvalue weighted by molar-refractivity contribution is 5.76. The summed E-state index contributed by atoms with van der Waals surface area (Å²) in [5.74, 6) is 1.49. The Bertz CT molecular complexity index is 305. The zero-order valence-electron chi connectivity index (χ0n) is 11.1. The molecule has 0 aromatic carbocycles. The summed E-state index contributed by atoms with van der Waals surface area (Å²) in [6.07, 6.45) is 7.76. The molecular formula is C14H24N2O2. The lowest BCUT2D eigenvalue weighted by Crippen LogP contribution is -2.45. The Kier molecular flexibility index (Phi) is 4.61. The molecule has 18 heavy (non-hydrogen) atoms. The fourth-order valence-corrected chi connectivity index (χ4v) is 3.37. The van der Waals surface area contributed by atoms with Crippen LogP contribution in [0.1, 0.15) is 51.4 Å². The van der Waals surface area contributed by atoms with Gasteiger partial charge in [0.2, 0.25) is 11.8 Å². The first-order chi connectivity index (χ1) is 8.65. The third-order valence-corrected chi connectivity index (χ3v) is 4.27. The predicted molar refractivity (Wildman–Crippen MR) is 69.7 cm³/mol. The first kappa shape index (κ1) is 13.4. The summed E-state index contributed by atoms with van der Waals surface area (Å²) in [6, 6.07) is 0. The van der Waals surface area contributed by atoms with E-state index in [1.807, 2.05) is 0 Å². The van der Waals surface area contributed by atoms with E-state index in [-0.39, 0.29) is 11.8 Å². The Morgan fingerprint density at radius 2 is 1.67 bits per heavy atom. The molecule has 2 fully saturated rings. The summed E-state index contributed by atoms with van der Waals surface area (Å²) in [7, 11) is 0. The van der Waals surface area contributed by atoms with Crippen molar-refractivity contribution < 1.29 is 9.59 Å². The molecule has 2 rings (SSSR count). The summed E-state index contributed by atoms with van der Waals surface area (Å²) in [6.45, 7) is 1.93. The van der Waals surface area contributed by atoms with Gasteiger partial charge in [-0.25, -0.2) is 0 Å². The van der Waals surface area contributed by atoms with Crippen LogP contribution >= 0.6 is 0 Å². The molecule has 0 spiro atoms. The molecule has 0 aromatic rings. The van der Waals surface area contributed by atoms with Gasteiger partial charge < -0.3 is 10.6 Å². The molecule has 102 valence electrons. The largest absolute Gasteiger partial charge is 0.370 e. The lowest BCUT2D eigenvalue weighted by molar-refractivity contribution is -0.135. The van der Waals surface area contributed by atoms with Crippen molar-refractivity contribution in [3.05, 3.63) is 0 Å². The number of carbonyl (C=O) groups is 2. The van der Waals surface area contributed by atoms with E-state index in [0.29, 0.717) is 12.8 Å². The second-order valence-electron chi connectivity index (χ2n) is 5.87. The van der Waals surface area contributed by atoms with E-state index in [4.69, 9.17) is 5.73 Å². The summed E-state index contributed by atoms with van der Waals surface area (Å²) in [5, 5.41) is 0. The van der Waals surface area contributed by atoms with Crippen LogP contribution in [0.3, 0.4) is 0 Å². The third-order valence-electron chi connectivity index (χ3n) is 4.27. The zero-order chi connectivity index (χ0) is 13.0. The molecule has 1 aliphatic heterocycles. The maximum Gasteiger partial charge on any atom is 0.222 e. The summed E-state index contributed by atoms with van der Waals surface area (Å²) in [5.41, 5.74) is 5.08. The number of unbranched alkanes of at least 4 members (excludes halogenated alkanes) is 1. The molecule has 2 bridgehead atoms. The van der Waals surface area contributed by atoms with Gasteiger partial charge in [-0.05, 0) is 43.9 Å². The van der Waals surface area contributed by atoms with Crippen molar-refractivity contribution in [2.24, 2.45) is 17.6 Å². The number of carbonyl (C=O) groups excluding carboxylic acids is 2. The highest BCUT2D eigenvalue weighted by atomic mass is 16.2. The van der Waals surface area contributed by atoms with Gasteiger partial charge in [0.25, 0.3) is 0 Å². The molecule has 2 aliphatic rings. The quantitative estimate of drug-likeness (QED) is 0.757. The van der Waals surface area contributed by atoms with Gasteiger partial charge in [-0.3, -0.25) is 9.59 Å². The van der Waals surface area contributed by atoms with E-state index in [0.717, 1.165) is 37.8 Å². The molecule has 0 radical (unpaired) electrons. The number of rotatable bonds is 5. The van der Waals surface area contributed by atoms with Crippen LogP contribution < -0.4 is 5.73 Å². The number of hydrogen-bond acceptors (Lipinski definition) is 2. The number of piperidine rings is 1. The molecule has 2 unspecified atom stereocenters. The lowest BCUT2D eigenvalue weighted by atomic mass is 9.78. The minimum Gasteiger partial charge on any atom is -0.370 e. The maximum atomic E-state index is 12.1. The highest BCUT2D eigenvalue weighted by Gasteiger charge is 2.32. The summed E-state index contributed by atoms with van der Waals surface area (Å²) in [4.78, 5) is 24.7. The number of hydrogen-bond donors (Lipinski definition) is 1. The van der Waals surface area contributed by atoms with E-state index in [2.05, 4.69) is 4.90 Å². The van der Waals surface area contributed by atoms with Gasteiger partial charge in [-0.2, -0.15) is 0 Å². The Labute approximate surface area is 109 Å². The van der Waals surface area contributed by atoms with Crippen molar-refractivity contribution in [1.29, 1.82) is 0 Å². The van der Waals surface area contributed by atoms with Crippen LogP contribution in [0.5, 0.6) is 0 Å². The Balaban J connectivity index is 1.70. The molecule has 1 saturated carbocycles. The second-order valence-corrected chi connectivity index (χ2v) is 5.87. The number of primary amides is 1. The van der Waals surface area contributed by atoms with Gasteiger partial charge in [-0.15, -0.1) is 0 Å². The number of nitrogens with two attached hydrogens (primary N) is 1. The standard InChI is InChI=1S/C14H24N2O2/c15-13(17)6-1-2-7-14(18)16-9-11-4-3-5-12(8-11)10-16/h11-12H,1-10H2,(H2,15,17). The molecule has 4 heteroatoms. The van der Waals surface area contributed by atoms with Crippen LogP contribution in [-0.2, 0) is 9.59 Å². The maximum absolute atomic E-state index is 12.1. The molecular weight excluding hydrogens is 228 g/mol. The van der Waals surface area contributed by atoms with Crippen molar-refractivity contribution in [3.63, 3.8) is 0 Å².